The highest BCUT2D eigenvalue weighted by atomic mass is 35.5. The van der Waals surface area contributed by atoms with Crippen molar-refractivity contribution in [3.8, 4) is 0 Å². The van der Waals surface area contributed by atoms with Crippen molar-refractivity contribution in [2.75, 3.05) is 0 Å². The van der Waals surface area contributed by atoms with Crippen molar-refractivity contribution in [2.45, 2.75) is 45.0 Å². The van der Waals surface area contributed by atoms with Crippen molar-refractivity contribution >= 4 is 18.4 Å². The van der Waals surface area contributed by atoms with Gasteiger partial charge in [0.1, 0.15) is 11.6 Å². The zero-order valence-electron chi connectivity index (χ0n) is 12.0. The summed E-state index contributed by atoms with van der Waals surface area (Å²) in [4.78, 5) is 11.4. The summed E-state index contributed by atoms with van der Waals surface area (Å²) >= 11 is 0. The number of hydrogen-bond acceptors (Lipinski definition) is 3. The van der Waals surface area contributed by atoms with E-state index in [0.717, 1.165) is 12.1 Å². The lowest BCUT2D eigenvalue weighted by molar-refractivity contribution is -0.157. The lowest BCUT2D eigenvalue weighted by atomic mass is 9.97. The molecule has 1 aromatic carbocycles. The van der Waals surface area contributed by atoms with Crippen LogP contribution >= 0.6 is 12.4 Å². The van der Waals surface area contributed by atoms with Gasteiger partial charge in [0.05, 0.1) is 5.56 Å². The van der Waals surface area contributed by atoms with E-state index < -0.39 is 29.4 Å². The van der Waals surface area contributed by atoms with Gasteiger partial charge in [-0.3, -0.25) is 4.79 Å². The largest absolute Gasteiger partial charge is 0.458 e. The molecule has 0 radical (unpaired) electrons. The fourth-order valence-corrected chi connectivity index (χ4v) is 1.70. The summed E-state index contributed by atoms with van der Waals surface area (Å²) in [6.45, 7) is 4.88. The summed E-state index contributed by atoms with van der Waals surface area (Å²) in [5.74, 6) is -0.540. The number of alkyl halides is 3. The van der Waals surface area contributed by atoms with E-state index in [1.165, 1.54) is 19.1 Å². The molecule has 0 amide bonds. The standard InChI is InChI=1S/C14H18F3NO2.ClH/c1-9(18)12(19)20-13(2,3)8-10-4-6-11(7-5-10)14(15,16)17;/h4-7,9H,8,18H2,1-3H3;1H. The summed E-state index contributed by atoms with van der Waals surface area (Å²) in [6, 6.07) is 4.05. The molecule has 1 rings (SSSR count). The average molecular weight is 326 g/mol. The van der Waals surface area contributed by atoms with Crippen LogP contribution in [0.15, 0.2) is 24.3 Å². The highest BCUT2D eigenvalue weighted by Gasteiger charge is 2.30. The topological polar surface area (TPSA) is 52.3 Å². The number of carbonyl (C=O) groups is 1. The van der Waals surface area contributed by atoms with Crippen LogP contribution < -0.4 is 5.73 Å². The van der Waals surface area contributed by atoms with Crippen molar-refractivity contribution in [3.05, 3.63) is 35.4 Å². The predicted octanol–water partition coefficient (Wildman–Crippen LogP) is 3.34. The van der Waals surface area contributed by atoms with Gasteiger partial charge in [-0.15, -0.1) is 12.4 Å². The Morgan fingerprint density at radius 3 is 2.10 bits per heavy atom. The van der Waals surface area contributed by atoms with E-state index in [0.29, 0.717) is 12.0 Å². The van der Waals surface area contributed by atoms with Crippen molar-refractivity contribution in [3.63, 3.8) is 0 Å². The first kappa shape index (κ1) is 19.7. The number of halogens is 4. The third-order valence-electron chi connectivity index (χ3n) is 2.66. The molecule has 0 spiro atoms. The van der Waals surface area contributed by atoms with Gasteiger partial charge in [-0.2, -0.15) is 13.2 Å². The molecule has 1 unspecified atom stereocenters. The zero-order valence-corrected chi connectivity index (χ0v) is 12.8. The predicted molar refractivity (Wildman–Crippen MR) is 76.2 cm³/mol. The average Bonchev–Trinajstić information content (AvgIpc) is 2.26. The third kappa shape index (κ3) is 6.35. The van der Waals surface area contributed by atoms with Crippen LogP contribution in [0.4, 0.5) is 13.2 Å². The Kier molecular flexibility index (Phi) is 6.70. The van der Waals surface area contributed by atoms with Gasteiger partial charge in [0, 0.05) is 6.42 Å². The first-order valence-corrected chi connectivity index (χ1v) is 6.16. The number of nitrogens with two attached hydrogens (primary N) is 1. The second kappa shape index (κ2) is 7.13. The Bertz CT molecular complexity index is 470. The van der Waals surface area contributed by atoms with Gasteiger partial charge in [-0.1, -0.05) is 12.1 Å². The fraction of sp³-hybridized carbons (Fsp3) is 0.500. The molecule has 0 aliphatic rings. The molecular weight excluding hydrogens is 307 g/mol. The van der Waals surface area contributed by atoms with Crippen LogP contribution in [0, 0.1) is 0 Å². The van der Waals surface area contributed by atoms with Crippen LogP contribution in [-0.2, 0) is 22.1 Å². The van der Waals surface area contributed by atoms with Gasteiger partial charge in [0.2, 0.25) is 0 Å². The number of carbonyl (C=O) groups excluding carboxylic acids is 1. The van der Waals surface area contributed by atoms with Crippen LogP contribution in [0.2, 0.25) is 0 Å². The second-order valence-electron chi connectivity index (χ2n) is 5.34. The van der Waals surface area contributed by atoms with Crippen LogP contribution in [0.1, 0.15) is 31.9 Å². The number of hydrogen-bond donors (Lipinski definition) is 1. The lowest BCUT2D eigenvalue weighted by Crippen LogP contribution is -2.38. The summed E-state index contributed by atoms with van der Waals surface area (Å²) in [5, 5.41) is 0. The molecule has 7 heteroatoms. The van der Waals surface area contributed by atoms with Crippen LogP contribution in [0.25, 0.3) is 0 Å². The van der Waals surface area contributed by atoms with Crippen molar-refractivity contribution in [1.82, 2.24) is 0 Å². The summed E-state index contributed by atoms with van der Waals surface area (Å²) < 4.78 is 42.5. The quantitative estimate of drug-likeness (QED) is 0.864. The monoisotopic (exact) mass is 325 g/mol. The maximum atomic E-state index is 12.4. The Balaban J connectivity index is 0.00000400. The Hall–Kier alpha value is -1.27. The number of ether oxygens (including phenoxy) is 1. The van der Waals surface area contributed by atoms with E-state index in [4.69, 9.17) is 10.5 Å². The number of rotatable bonds is 4. The number of benzene rings is 1. The Morgan fingerprint density at radius 2 is 1.71 bits per heavy atom. The van der Waals surface area contributed by atoms with Gasteiger partial charge in [-0.25, -0.2) is 0 Å². The third-order valence-corrected chi connectivity index (χ3v) is 2.66. The molecule has 2 N–H and O–H groups in total. The molecule has 0 aromatic heterocycles. The zero-order chi connectivity index (χ0) is 15.6. The molecule has 3 nitrogen and oxygen atoms in total. The first-order chi connectivity index (χ1) is 9.01. The maximum Gasteiger partial charge on any atom is 0.416 e. The minimum absolute atomic E-state index is 0. The molecule has 1 aromatic rings. The maximum absolute atomic E-state index is 12.4. The normalized spacial score (nSPS) is 13.3. The van der Waals surface area contributed by atoms with E-state index in [2.05, 4.69) is 0 Å². The minimum Gasteiger partial charge on any atom is -0.458 e. The summed E-state index contributed by atoms with van der Waals surface area (Å²) in [6.07, 6.45) is -4.04. The summed E-state index contributed by atoms with van der Waals surface area (Å²) in [5.41, 5.74) is 4.53. The smallest absolute Gasteiger partial charge is 0.416 e. The van der Waals surface area contributed by atoms with Gasteiger partial charge < -0.3 is 10.5 Å². The minimum atomic E-state index is -4.35. The van der Waals surface area contributed by atoms with Crippen LogP contribution in [0.5, 0.6) is 0 Å². The molecular formula is C14H19ClF3NO2. The molecule has 1 atom stereocenters. The lowest BCUT2D eigenvalue weighted by Gasteiger charge is -2.26. The molecule has 0 bridgehead atoms. The van der Waals surface area contributed by atoms with Crippen LogP contribution in [0.3, 0.4) is 0 Å². The fourth-order valence-electron chi connectivity index (χ4n) is 1.70. The first-order valence-electron chi connectivity index (χ1n) is 6.16. The number of esters is 1. The molecule has 0 heterocycles. The van der Waals surface area contributed by atoms with E-state index in [1.54, 1.807) is 13.8 Å². The Labute approximate surface area is 128 Å². The molecule has 0 aliphatic carbocycles. The van der Waals surface area contributed by atoms with Gasteiger partial charge in [0.25, 0.3) is 0 Å². The molecule has 120 valence electrons. The van der Waals surface area contributed by atoms with E-state index >= 15 is 0 Å². The van der Waals surface area contributed by atoms with Crippen molar-refractivity contribution < 1.29 is 22.7 Å². The highest BCUT2D eigenvalue weighted by Crippen LogP contribution is 2.29. The van der Waals surface area contributed by atoms with E-state index in [-0.39, 0.29) is 12.4 Å². The molecule has 0 aliphatic heterocycles. The molecule has 21 heavy (non-hydrogen) atoms. The molecule has 0 fully saturated rings. The summed E-state index contributed by atoms with van der Waals surface area (Å²) in [7, 11) is 0. The van der Waals surface area contributed by atoms with Crippen molar-refractivity contribution in [2.24, 2.45) is 5.73 Å². The molecule has 0 saturated heterocycles. The second-order valence-corrected chi connectivity index (χ2v) is 5.34. The van der Waals surface area contributed by atoms with Gasteiger partial charge in [0.15, 0.2) is 0 Å². The van der Waals surface area contributed by atoms with Gasteiger partial charge >= 0.3 is 12.1 Å². The molecule has 0 saturated carbocycles. The SMILES string of the molecule is CC(N)C(=O)OC(C)(C)Cc1ccc(C(F)(F)F)cc1.Cl. The van der Waals surface area contributed by atoms with Crippen LogP contribution in [-0.4, -0.2) is 17.6 Å². The van der Waals surface area contributed by atoms with Gasteiger partial charge in [-0.05, 0) is 38.5 Å². The highest BCUT2D eigenvalue weighted by molar-refractivity contribution is 5.85. The van der Waals surface area contributed by atoms with E-state index in [9.17, 15) is 18.0 Å². The van der Waals surface area contributed by atoms with E-state index in [1.807, 2.05) is 0 Å². The van der Waals surface area contributed by atoms with Crippen molar-refractivity contribution in [1.29, 1.82) is 0 Å². The Morgan fingerprint density at radius 1 is 1.24 bits per heavy atom.